The number of aromatic nitrogens is 2. The minimum Gasteiger partial charge on any atom is -0.496 e. The molecule has 9 nitrogen and oxygen atoms in total. The van der Waals surface area contributed by atoms with Crippen LogP contribution >= 0.6 is 0 Å². The van der Waals surface area contributed by atoms with Crippen molar-refractivity contribution >= 4 is 11.8 Å². The van der Waals surface area contributed by atoms with Gasteiger partial charge in [0.2, 0.25) is 5.95 Å². The predicted octanol–water partition coefficient (Wildman–Crippen LogP) is 2.60. The molecule has 1 saturated heterocycles. The summed E-state index contributed by atoms with van der Waals surface area (Å²) in [5, 5.41) is 16.3. The molecule has 35 heavy (non-hydrogen) atoms. The van der Waals surface area contributed by atoms with E-state index in [4.69, 9.17) is 15.2 Å². The van der Waals surface area contributed by atoms with Crippen molar-refractivity contribution in [3.8, 4) is 11.5 Å². The lowest BCUT2D eigenvalue weighted by atomic mass is 10.0. The van der Waals surface area contributed by atoms with E-state index in [0.29, 0.717) is 19.4 Å². The fraction of sp³-hybridized carbons (Fsp3) is 0.615. The molecule has 2 heterocycles. The van der Waals surface area contributed by atoms with Gasteiger partial charge in [0.05, 0.1) is 13.7 Å². The molecule has 1 aliphatic rings. The van der Waals surface area contributed by atoms with Gasteiger partial charge in [-0.1, -0.05) is 19.4 Å². The number of aliphatic hydroxyl groups is 1. The molecule has 1 aromatic heterocycles. The summed E-state index contributed by atoms with van der Waals surface area (Å²) in [7, 11) is 1.68. The van der Waals surface area contributed by atoms with Crippen molar-refractivity contribution in [2.45, 2.75) is 52.0 Å². The van der Waals surface area contributed by atoms with Gasteiger partial charge in [-0.05, 0) is 37.8 Å². The molecular formula is C26H42N6O3. The minimum atomic E-state index is 0.122. The van der Waals surface area contributed by atoms with Crippen molar-refractivity contribution in [1.82, 2.24) is 20.2 Å². The van der Waals surface area contributed by atoms with Crippen LogP contribution in [-0.2, 0) is 6.42 Å². The number of anilines is 2. The Morgan fingerprint density at radius 2 is 2.03 bits per heavy atom. The van der Waals surface area contributed by atoms with Gasteiger partial charge in [0.1, 0.15) is 17.3 Å². The molecule has 1 atom stereocenters. The highest BCUT2D eigenvalue weighted by atomic mass is 16.5. The number of nitrogens with two attached hydrogens (primary N) is 1. The number of methoxy groups -OCH3 is 1. The van der Waals surface area contributed by atoms with Gasteiger partial charge >= 0.3 is 0 Å². The molecule has 0 amide bonds. The predicted molar refractivity (Wildman–Crippen MR) is 140 cm³/mol. The SMILES string of the molecule is CCCC(CCO)Nc1nc(N)nc(C)c1Cc1ccc(OCCCN2CCNCC2)cc1OC. The number of aliphatic hydroxyl groups excluding tert-OH is 1. The highest BCUT2D eigenvalue weighted by Gasteiger charge is 2.17. The van der Waals surface area contributed by atoms with E-state index in [1.54, 1.807) is 7.11 Å². The standard InChI is InChI=1S/C26H42N6O3/c1-4-6-21(9-15-33)30-25-23(19(2)29-26(27)31-25)17-20-7-8-22(18-24(20)34-3)35-16-5-12-32-13-10-28-11-14-32/h7-8,18,21,28,33H,4-6,9-17H2,1-3H3,(H3,27,29,30,31). The molecule has 2 aromatic rings. The molecule has 194 valence electrons. The normalized spacial score (nSPS) is 15.1. The summed E-state index contributed by atoms with van der Waals surface area (Å²) in [6, 6.07) is 6.11. The molecule has 1 aromatic carbocycles. The molecule has 9 heteroatoms. The third kappa shape index (κ3) is 8.23. The Morgan fingerprint density at radius 1 is 1.23 bits per heavy atom. The average molecular weight is 487 g/mol. The maximum Gasteiger partial charge on any atom is 0.222 e. The van der Waals surface area contributed by atoms with Crippen molar-refractivity contribution < 1.29 is 14.6 Å². The van der Waals surface area contributed by atoms with E-state index in [2.05, 4.69) is 32.4 Å². The van der Waals surface area contributed by atoms with Crippen LogP contribution in [0, 0.1) is 6.92 Å². The fourth-order valence-corrected chi connectivity index (χ4v) is 4.50. The van der Waals surface area contributed by atoms with E-state index in [0.717, 1.165) is 86.1 Å². The number of nitrogens with one attached hydrogen (secondary N) is 2. The number of hydrogen-bond acceptors (Lipinski definition) is 9. The van der Waals surface area contributed by atoms with Crippen LogP contribution < -0.4 is 25.8 Å². The van der Waals surface area contributed by atoms with Crippen LogP contribution in [-0.4, -0.2) is 79.1 Å². The van der Waals surface area contributed by atoms with Crippen LogP contribution in [0.1, 0.15) is 49.4 Å². The Labute approximate surface area is 209 Å². The molecule has 0 saturated carbocycles. The van der Waals surface area contributed by atoms with Crippen LogP contribution in [0.3, 0.4) is 0 Å². The largest absolute Gasteiger partial charge is 0.496 e. The Morgan fingerprint density at radius 3 is 2.74 bits per heavy atom. The number of nitrogens with zero attached hydrogens (tertiary/aromatic N) is 3. The topological polar surface area (TPSA) is 118 Å². The lowest BCUT2D eigenvalue weighted by molar-refractivity contribution is 0.213. The monoisotopic (exact) mass is 486 g/mol. The summed E-state index contributed by atoms with van der Waals surface area (Å²) < 4.78 is 11.7. The van der Waals surface area contributed by atoms with Gasteiger partial charge in [-0.15, -0.1) is 0 Å². The van der Waals surface area contributed by atoms with Crippen molar-refractivity contribution in [2.24, 2.45) is 0 Å². The number of rotatable bonds is 14. The average Bonchev–Trinajstić information content (AvgIpc) is 2.85. The van der Waals surface area contributed by atoms with Gasteiger partial charge in [-0.2, -0.15) is 4.98 Å². The first-order valence-electron chi connectivity index (χ1n) is 12.8. The third-order valence-corrected chi connectivity index (χ3v) is 6.41. The van der Waals surface area contributed by atoms with Gasteiger partial charge in [-0.25, -0.2) is 4.98 Å². The summed E-state index contributed by atoms with van der Waals surface area (Å²) in [6.45, 7) is 10.3. The second-order valence-electron chi connectivity index (χ2n) is 9.08. The van der Waals surface area contributed by atoms with E-state index >= 15 is 0 Å². The molecule has 0 aliphatic carbocycles. The zero-order valence-electron chi connectivity index (χ0n) is 21.5. The third-order valence-electron chi connectivity index (χ3n) is 6.41. The fourth-order valence-electron chi connectivity index (χ4n) is 4.50. The molecule has 3 rings (SSSR count). The van der Waals surface area contributed by atoms with E-state index < -0.39 is 0 Å². The van der Waals surface area contributed by atoms with E-state index in [9.17, 15) is 5.11 Å². The molecule has 0 radical (unpaired) electrons. The molecule has 1 unspecified atom stereocenters. The van der Waals surface area contributed by atoms with Gasteiger partial charge in [0, 0.05) is 69.1 Å². The highest BCUT2D eigenvalue weighted by Crippen LogP contribution is 2.30. The van der Waals surface area contributed by atoms with Crippen LogP contribution in [0.25, 0.3) is 0 Å². The second kappa shape index (κ2) is 14.1. The summed E-state index contributed by atoms with van der Waals surface area (Å²) in [5.41, 5.74) is 8.79. The lowest BCUT2D eigenvalue weighted by Crippen LogP contribution is -2.43. The summed E-state index contributed by atoms with van der Waals surface area (Å²) in [6.07, 6.45) is 4.19. The second-order valence-corrected chi connectivity index (χ2v) is 9.08. The molecule has 0 bridgehead atoms. The quantitative estimate of drug-likeness (QED) is 0.299. The number of aryl methyl sites for hydroxylation is 1. The molecule has 1 aliphatic heterocycles. The Balaban J connectivity index is 1.68. The van der Waals surface area contributed by atoms with Crippen LogP contribution in [0.15, 0.2) is 18.2 Å². The van der Waals surface area contributed by atoms with E-state index in [1.807, 2.05) is 25.1 Å². The first-order valence-corrected chi connectivity index (χ1v) is 12.8. The number of hydrogen-bond donors (Lipinski definition) is 4. The van der Waals surface area contributed by atoms with Crippen LogP contribution in [0.2, 0.25) is 0 Å². The zero-order chi connectivity index (χ0) is 25.0. The number of benzene rings is 1. The molecular weight excluding hydrogens is 444 g/mol. The van der Waals surface area contributed by atoms with Crippen LogP contribution in [0.4, 0.5) is 11.8 Å². The summed E-state index contributed by atoms with van der Waals surface area (Å²) in [4.78, 5) is 11.4. The van der Waals surface area contributed by atoms with Gasteiger partial charge < -0.3 is 35.8 Å². The number of ether oxygens (including phenoxy) is 2. The molecule has 5 N–H and O–H groups in total. The van der Waals surface area contributed by atoms with Crippen molar-refractivity contribution in [3.63, 3.8) is 0 Å². The Bertz CT molecular complexity index is 914. The molecule has 0 spiro atoms. The highest BCUT2D eigenvalue weighted by molar-refractivity contribution is 5.54. The molecule has 1 fully saturated rings. The van der Waals surface area contributed by atoms with Gasteiger partial charge in [0.15, 0.2) is 0 Å². The van der Waals surface area contributed by atoms with E-state index in [1.165, 1.54) is 0 Å². The van der Waals surface area contributed by atoms with Crippen molar-refractivity contribution in [3.05, 3.63) is 35.0 Å². The van der Waals surface area contributed by atoms with Crippen molar-refractivity contribution in [1.29, 1.82) is 0 Å². The smallest absolute Gasteiger partial charge is 0.222 e. The van der Waals surface area contributed by atoms with Crippen molar-refractivity contribution in [2.75, 3.05) is 64.1 Å². The summed E-state index contributed by atoms with van der Waals surface area (Å²) in [5.74, 6) is 2.54. The maximum absolute atomic E-state index is 9.46. The van der Waals surface area contributed by atoms with Gasteiger partial charge in [-0.3, -0.25) is 0 Å². The maximum atomic E-state index is 9.46. The Kier molecular flexibility index (Phi) is 10.8. The van der Waals surface area contributed by atoms with Crippen LogP contribution in [0.5, 0.6) is 11.5 Å². The Hall–Kier alpha value is -2.62. The minimum absolute atomic E-state index is 0.122. The summed E-state index contributed by atoms with van der Waals surface area (Å²) >= 11 is 0. The number of nitrogen functional groups attached to an aromatic ring is 1. The lowest BCUT2D eigenvalue weighted by Gasteiger charge is -2.27. The zero-order valence-corrected chi connectivity index (χ0v) is 21.5. The first-order chi connectivity index (χ1) is 17.0. The first kappa shape index (κ1) is 27.0. The number of piperazine rings is 1. The van der Waals surface area contributed by atoms with E-state index in [-0.39, 0.29) is 18.6 Å². The van der Waals surface area contributed by atoms with Gasteiger partial charge in [0.25, 0.3) is 0 Å².